The van der Waals surface area contributed by atoms with Crippen LogP contribution in [0, 0.1) is 0 Å². The van der Waals surface area contributed by atoms with Gasteiger partial charge in [-0.2, -0.15) is 0 Å². The van der Waals surface area contributed by atoms with Crippen molar-refractivity contribution in [1.29, 1.82) is 0 Å². The van der Waals surface area contributed by atoms with Gasteiger partial charge in [-0.05, 0) is 50.9 Å². The van der Waals surface area contributed by atoms with E-state index in [0.29, 0.717) is 25.3 Å². The molecule has 25 heavy (non-hydrogen) atoms. The van der Waals surface area contributed by atoms with Crippen molar-refractivity contribution in [3.05, 3.63) is 29.8 Å². The van der Waals surface area contributed by atoms with Crippen molar-refractivity contribution in [2.45, 2.75) is 38.6 Å². The number of aliphatic carboxylic acids is 1. The highest BCUT2D eigenvalue weighted by Gasteiger charge is 2.24. The summed E-state index contributed by atoms with van der Waals surface area (Å²) in [6, 6.07) is 7.54. The maximum absolute atomic E-state index is 12.8. The number of ether oxygens (including phenoxy) is 1. The van der Waals surface area contributed by atoms with Crippen LogP contribution in [0.4, 0.5) is 0 Å². The monoisotopic (exact) mass is 348 g/mol. The molecule has 0 radical (unpaired) electrons. The Hall–Kier alpha value is -2.08. The number of carboxylic acid groups (broad SMARTS) is 1. The van der Waals surface area contributed by atoms with Crippen LogP contribution in [0.15, 0.2) is 24.3 Å². The number of likely N-dealkylation sites (tertiary alicyclic amines) is 1. The first-order valence-electron chi connectivity index (χ1n) is 8.95. The maximum Gasteiger partial charge on any atom is 0.317 e. The number of carbonyl (C=O) groups excluding carboxylic acids is 1. The molecule has 0 aromatic heterocycles. The van der Waals surface area contributed by atoms with Crippen molar-refractivity contribution in [3.63, 3.8) is 0 Å². The Morgan fingerprint density at radius 3 is 2.84 bits per heavy atom. The molecule has 1 amide bonds. The number of carboxylic acids is 1. The van der Waals surface area contributed by atoms with Crippen LogP contribution >= 0.6 is 0 Å². The van der Waals surface area contributed by atoms with Gasteiger partial charge in [0, 0.05) is 24.7 Å². The minimum absolute atomic E-state index is 0.0171. The number of hydrogen-bond acceptors (Lipinski definition) is 4. The Bertz CT molecular complexity index is 591. The predicted octanol–water partition coefficient (Wildman–Crippen LogP) is 2.49. The summed E-state index contributed by atoms with van der Waals surface area (Å²) in [6.07, 6.45) is 3.51. The molecule has 0 bridgehead atoms. The fourth-order valence-corrected chi connectivity index (χ4v) is 3.19. The Labute approximate surface area is 149 Å². The van der Waals surface area contributed by atoms with Gasteiger partial charge in [0.2, 0.25) is 0 Å². The van der Waals surface area contributed by atoms with E-state index < -0.39 is 5.97 Å². The van der Waals surface area contributed by atoms with Gasteiger partial charge in [0.05, 0.1) is 13.2 Å². The SMILES string of the molecule is CCCOc1cccc(C(=O)N2CCCC(N(C)CC(=O)O)CC2)c1. The van der Waals surface area contributed by atoms with Crippen LogP contribution in [0.2, 0.25) is 0 Å². The summed E-state index contributed by atoms with van der Waals surface area (Å²) in [4.78, 5) is 27.4. The van der Waals surface area contributed by atoms with E-state index in [0.717, 1.165) is 31.4 Å². The van der Waals surface area contributed by atoms with Crippen LogP contribution in [0.3, 0.4) is 0 Å². The molecule has 1 heterocycles. The highest BCUT2D eigenvalue weighted by Crippen LogP contribution is 2.20. The molecule has 138 valence electrons. The molecule has 1 aliphatic heterocycles. The normalized spacial score (nSPS) is 18.0. The van der Waals surface area contributed by atoms with Gasteiger partial charge >= 0.3 is 5.97 Å². The molecular formula is C19H28N2O4. The molecule has 6 nitrogen and oxygen atoms in total. The zero-order valence-electron chi connectivity index (χ0n) is 15.1. The van der Waals surface area contributed by atoms with Crippen LogP contribution in [-0.4, -0.2) is 66.1 Å². The third-order valence-electron chi connectivity index (χ3n) is 4.55. The lowest BCUT2D eigenvalue weighted by atomic mass is 10.1. The lowest BCUT2D eigenvalue weighted by molar-refractivity contribution is -0.138. The molecule has 1 atom stereocenters. The summed E-state index contributed by atoms with van der Waals surface area (Å²) < 4.78 is 5.61. The van der Waals surface area contributed by atoms with Gasteiger partial charge in [0.25, 0.3) is 5.91 Å². The summed E-state index contributed by atoms with van der Waals surface area (Å²) >= 11 is 0. The number of benzene rings is 1. The molecule has 0 saturated carbocycles. The standard InChI is InChI=1S/C19H28N2O4/c1-3-12-25-17-8-4-6-15(13-17)19(24)21-10-5-7-16(9-11-21)20(2)14-18(22)23/h4,6,8,13,16H,3,5,7,9-12,14H2,1-2H3,(H,22,23). The number of nitrogens with zero attached hydrogens (tertiary/aromatic N) is 2. The smallest absolute Gasteiger partial charge is 0.317 e. The highest BCUT2D eigenvalue weighted by molar-refractivity contribution is 5.94. The summed E-state index contributed by atoms with van der Waals surface area (Å²) in [7, 11) is 1.84. The predicted molar refractivity (Wildman–Crippen MR) is 96.0 cm³/mol. The quantitative estimate of drug-likeness (QED) is 0.820. The fourth-order valence-electron chi connectivity index (χ4n) is 3.19. The molecule has 1 aliphatic rings. The van der Waals surface area contributed by atoms with Gasteiger partial charge < -0.3 is 14.7 Å². The molecule has 1 fully saturated rings. The Morgan fingerprint density at radius 1 is 1.32 bits per heavy atom. The zero-order chi connectivity index (χ0) is 18.2. The first-order valence-corrected chi connectivity index (χ1v) is 8.95. The first kappa shape index (κ1) is 19.2. The second-order valence-electron chi connectivity index (χ2n) is 6.56. The van der Waals surface area contributed by atoms with Gasteiger partial charge in [-0.3, -0.25) is 14.5 Å². The molecule has 1 saturated heterocycles. The van der Waals surface area contributed by atoms with Crippen LogP contribution < -0.4 is 4.74 Å². The number of likely N-dealkylation sites (N-methyl/N-ethyl adjacent to an activating group) is 1. The van der Waals surface area contributed by atoms with Crippen LogP contribution in [0.25, 0.3) is 0 Å². The summed E-state index contributed by atoms with van der Waals surface area (Å²) in [5.41, 5.74) is 0.644. The second kappa shape index (κ2) is 9.42. The van der Waals surface area contributed by atoms with Crippen molar-refractivity contribution in [2.24, 2.45) is 0 Å². The van der Waals surface area contributed by atoms with E-state index in [4.69, 9.17) is 9.84 Å². The minimum atomic E-state index is -0.816. The summed E-state index contributed by atoms with van der Waals surface area (Å²) in [5, 5.41) is 8.94. The minimum Gasteiger partial charge on any atom is -0.494 e. The average Bonchev–Trinajstić information content (AvgIpc) is 2.85. The van der Waals surface area contributed by atoms with Crippen molar-refractivity contribution >= 4 is 11.9 Å². The number of carbonyl (C=O) groups is 2. The van der Waals surface area contributed by atoms with Crippen LogP contribution in [0.1, 0.15) is 43.0 Å². The molecule has 6 heteroatoms. The topological polar surface area (TPSA) is 70.1 Å². The number of rotatable bonds is 7. The Balaban J connectivity index is 1.97. The van der Waals surface area contributed by atoms with E-state index in [-0.39, 0.29) is 18.5 Å². The molecule has 0 spiro atoms. The van der Waals surface area contributed by atoms with Crippen molar-refractivity contribution in [1.82, 2.24) is 9.80 Å². The zero-order valence-corrected chi connectivity index (χ0v) is 15.1. The lowest BCUT2D eigenvalue weighted by Gasteiger charge is -2.25. The van der Waals surface area contributed by atoms with Gasteiger partial charge in [0.15, 0.2) is 0 Å². The van der Waals surface area contributed by atoms with E-state index in [2.05, 4.69) is 0 Å². The molecule has 1 aromatic carbocycles. The molecule has 1 aromatic rings. The summed E-state index contributed by atoms with van der Waals surface area (Å²) in [5.74, 6) is -0.0753. The first-order chi connectivity index (χ1) is 12.0. The fraction of sp³-hybridized carbons (Fsp3) is 0.579. The summed E-state index contributed by atoms with van der Waals surface area (Å²) in [6.45, 7) is 4.07. The van der Waals surface area contributed by atoms with Gasteiger partial charge in [0.1, 0.15) is 5.75 Å². The lowest BCUT2D eigenvalue weighted by Crippen LogP contribution is -2.37. The molecule has 2 rings (SSSR count). The van der Waals surface area contributed by atoms with E-state index in [1.165, 1.54) is 0 Å². The van der Waals surface area contributed by atoms with E-state index in [9.17, 15) is 9.59 Å². The Kier molecular flexibility index (Phi) is 7.25. The molecule has 1 N–H and O–H groups in total. The van der Waals surface area contributed by atoms with Crippen molar-refractivity contribution in [3.8, 4) is 5.75 Å². The second-order valence-corrected chi connectivity index (χ2v) is 6.56. The third-order valence-corrected chi connectivity index (χ3v) is 4.55. The van der Waals surface area contributed by atoms with E-state index in [1.54, 1.807) is 6.07 Å². The van der Waals surface area contributed by atoms with Gasteiger partial charge in [-0.25, -0.2) is 0 Å². The average molecular weight is 348 g/mol. The molecule has 1 unspecified atom stereocenters. The van der Waals surface area contributed by atoms with Crippen molar-refractivity contribution < 1.29 is 19.4 Å². The molecular weight excluding hydrogens is 320 g/mol. The number of amides is 1. The van der Waals surface area contributed by atoms with Crippen LogP contribution in [-0.2, 0) is 4.79 Å². The largest absolute Gasteiger partial charge is 0.494 e. The van der Waals surface area contributed by atoms with Gasteiger partial charge in [-0.15, -0.1) is 0 Å². The Morgan fingerprint density at radius 2 is 2.12 bits per heavy atom. The third kappa shape index (κ3) is 5.74. The van der Waals surface area contributed by atoms with Gasteiger partial charge in [-0.1, -0.05) is 13.0 Å². The maximum atomic E-state index is 12.8. The highest BCUT2D eigenvalue weighted by atomic mass is 16.5. The van der Waals surface area contributed by atoms with Crippen molar-refractivity contribution in [2.75, 3.05) is 33.3 Å². The molecule has 0 aliphatic carbocycles. The van der Waals surface area contributed by atoms with E-state index in [1.807, 2.05) is 42.0 Å². The van der Waals surface area contributed by atoms with Crippen LogP contribution in [0.5, 0.6) is 5.75 Å². The number of hydrogen-bond donors (Lipinski definition) is 1. The van der Waals surface area contributed by atoms with E-state index >= 15 is 0 Å².